The summed E-state index contributed by atoms with van der Waals surface area (Å²) in [4.78, 5) is 16.9. The number of anilines is 1. The topological polar surface area (TPSA) is 88.2 Å². The Balaban J connectivity index is 1.69. The molecule has 0 bridgehead atoms. The highest BCUT2D eigenvalue weighted by molar-refractivity contribution is 7.92. The second kappa shape index (κ2) is 8.45. The van der Waals surface area contributed by atoms with Gasteiger partial charge in [-0.25, -0.2) is 8.42 Å². The summed E-state index contributed by atoms with van der Waals surface area (Å²) in [5, 5.41) is 2.88. The lowest BCUT2D eigenvalue weighted by atomic mass is 10.1. The number of carbonyl (C=O) groups excluding carboxylic acids is 1. The molecule has 0 spiro atoms. The first-order chi connectivity index (χ1) is 13.8. The molecule has 0 aliphatic carbocycles. The van der Waals surface area contributed by atoms with Crippen LogP contribution in [0.25, 0.3) is 0 Å². The van der Waals surface area contributed by atoms with Crippen molar-refractivity contribution in [3.63, 3.8) is 0 Å². The van der Waals surface area contributed by atoms with E-state index < -0.39 is 10.0 Å². The highest BCUT2D eigenvalue weighted by atomic mass is 32.2. The molecule has 1 atom stereocenters. The third-order valence-corrected chi connectivity index (χ3v) is 6.05. The van der Waals surface area contributed by atoms with Crippen LogP contribution in [0.15, 0.2) is 71.8 Å². The van der Waals surface area contributed by atoms with Gasteiger partial charge in [0.15, 0.2) is 0 Å². The second-order valence-electron chi connectivity index (χ2n) is 6.88. The van der Waals surface area contributed by atoms with Crippen LogP contribution in [0.5, 0.6) is 0 Å². The average Bonchev–Trinajstić information content (AvgIpc) is 2.70. The Morgan fingerprint density at radius 3 is 2.31 bits per heavy atom. The van der Waals surface area contributed by atoms with Crippen molar-refractivity contribution >= 4 is 21.6 Å². The van der Waals surface area contributed by atoms with Gasteiger partial charge >= 0.3 is 0 Å². The van der Waals surface area contributed by atoms with E-state index in [0.717, 1.165) is 16.8 Å². The Labute approximate surface area is 171 Å². The molecule has 6 nitrogen and oxygen atoms in total. The zero-order valence-corrected chi connectivity index (χ0v) is 17.3. The average molecular weight is 410 g/mol. The van der Waals surface area contributed by atoms with E-state index in [9.17, 15) is 13.2 Å². The van der Waals surface area contributed by atoms with Crippen LogP contribution in [0.3, 0.4) is 0 Å². The van der Waals surface area contributed by atoms with Crippen LogP contribution in [0.4, 0.5) is 5.69 Å². The summed E-state index contributed by atoms with van der Waals surface area (Å²) < 4.78 is 27.7. The van der Waals surface area contributed by atoms with Crippen LogP contribution >= 0.6 is 0 Å². The number of pyridine rings is 1. The summed E-state index contributed by atoms with van der Waals surface area (Å²) in [6, 6.07) is 16.6. The predicted molar refractivity (Wildman–Crippen MR) is 113 cm³/mol. The number of amides is 1. The minimum Gasteiger partial charge on any atom is -0.344 e. The van der Waals surface area contributed by atoms with Crippen molar-refractivity contribution in [2.75, 3.05) is 4.72 Å². The molecule has 2 N–H and O–H groups in total. The minimum atomic E-state index is -3.70. The zero-order chi connectivity index (χ0) is 21.0. The number of rotatable bonds is 6. The molecular weight excluding hydrogens is 386 g/mol. The molecule has 0 radical (unpaired) electrons. The molecule has 1 heterocycles. The molecule has 29 heavy (non-hydrogen) atoms. The van der Waals surface area contributed by atoms with E-state index in [1.165, 1.54) is 0 Å². The number of carbonyl (C=O) groups is 1. The van der Waals surface area contributed by atoms with Gasteiger partial charge in [-0.05, 0) is 80.4 Å². The van der Waals surface area contributed by atoms with E-state index in [4.69, 9.17) is 0 Å². The molecule has 0 aliphatic rings. The van der Waals surface area contributed by atoms with Crippen LogP contribution in [0.2, 0.25) is 0 Å². The van der Waals surface area contributed by atoms with Crippen molar-refractivity contribution in [3.8, 4) is 0 Å². The Morgan fingerprint density at radius 1 is 0.966 bits per heavy atom. The van der Waals surface area contributed by atoms with Gasteiger partial charge < -0.3 is 5.32 Å². The Bertz CT molecular complexity index is 1110. The maximum Gasteiger partial charge on any atom is 0.261 e. The summed E-state index contributed by atoms with van der Waals surface area (Å²) >= 11 is 0. The molecule has 1 unspecified atom stereocenters. The van der Waals surface area contributed by atoms with Crippen molar-refractivity contribution in [3.05, 3.63) is 89.2 Å². The first-order valence-corrected chi connectivity index (χ1v) is 10.7. The molecule has 1 aromatic heterocycles. The first kappa shape index (κ1) is 20.5. The third-order valence-electron chi connectivity index (χ3n) is 4.67. The van der Waals surface area contributed by atoms with Crippen LogP contribution in [0, 0.1) is 13.8 Å². The Kier molecular flexibility index (Phi) is 5.98. The van der Waals surface area contributed by atoms with Crippen LogP contribution in [-0.2, 0) is 10.0 Å². The number of hydrogen-bond donors (Lipinski definition) is 2. The SMILES string of the molecule is Cc1ccc(S(=O)(=O)Nc2ccc(C(=O)NC(C)c3ccccn3)cc2)cc1C. The van der Waals surface area contributed by atoms with E-state index in [-0.39, 0.29) is 16.8 Å². The van der Waals surface area contributed by atoms with Crippen molar-refractivity contribution in [1.82, 2.24) is 10.3 Å². The number of nitrogens with one attached hydrogen (secondary N) is 2. The molecule has 2 aromatic carbocycles. The fraction of sp³-hybridized carbons (Fsp3) is 0.182. The molecule has 1 amide bonds. The Hall–Kier alpha value is -3.19. The number of benzene rings is 2. The first-order valence-electron chi connectivity index (χ1n) is 9.18. The van der Waals surface area contributed by atoms with Gasteiger partial charge in [-0.1, -0.05) is 12.1 Å². The Morgan fingerprint density at radius 2 is 1.69 bits per heavy atom. The summed E-state index contributed by atoms with van der Waals surface area (Å²) in [6.07, 6.45) is 1.68. The lowest BCUT2D eigenvalue weighted by Gasteiger charge is -2.14. The highest BCUT2D eigenvalue weighted by Crippen LogP contribution is 2.19. The number of nitrogens with zero attached hydrogens (tertiary/aromatic N) is 1. The highest BCUT2D eigenvalue weighted by Gasteiger charge is 2.16. The number of hydrogen-bond acceptors (Lipinski definition) is 4. The fourth-order valence-electron chi connectivity index (χ4n) is 2.77. The van der Waals surface area contributed by atoms with E-state index in [0.29, 0.717) is 11.3 Å². The minimum absolute atomic E-state index is 0.201. The van der Waals surface area contributed by atoms with Gasteiger partial charge in [0.2, 0.25) is 0 Å². The number of aryl methyl sites for hydroxylation is 2. The van der Waals surface area contributed by atoms with Crippen LogP contribution in [-0.4, -0.2) is 19.3 Å². The van der Waals surface area contributed by atoms with E-state index in [2.05, 4.69) is 15.0 Å². The standard InChI is InChI=1S/C22H23N3O3S/c1-15-7-12-20(14-16(15)2)29(27,28)25-19-10-8-18(9-11-19)22(26)24-17(3)21-6-4-5-13-23-21/h4-14,17,25H,1-3H3,(H,24,26). The third kappa shape index (κ3) is 5.00. The smallest absolute Gasteiger partial charge is 0.261 e. The van der Waals surface area contributed by atoms with E-state index in [1.807, 2.05) is 39.0 Å². The van der Waals surface area contributed by atoms with Crippen molar-refractivity contribution in [2.24, 2.45) is 0 Å². The molecule has 150 valence electrons. The summed E-state index contributed by atoms with van der Waals surface area (Å²) in [5.41, 5.74) is 3.51. The maximum atomic E-state index is 12.6. The van der Waals surface area contributed by atoms with Crippen LogP contribution < -0.4 is 10.0 Å². The molecule has 3 rings (SSSR count). The molecule has 0 saturated carbocycles. The van der Waals surface area contributed by atoms with Crippen molar-refractivity contribution < 1.29 is 13.2 Å². The van der Waals surface area contributed by atoms with Gasteiger partial charge in [0.05, 0.1) is 16.6 Å². The largest absolute Gasteiger partial charge is 0.344 e. The summed E-state index contributed by atoms with van der Waals surface area (Å²) in [5.74, 6) is -0.258. The molecule has 3 aromatic rings. The van der Waals surface area contributed by atoms with Gasteiger partial charge in [-0.3, -0.25) is 14.5 Å². The lowest BCUT2D eigenvalue weighted by molar-refractivity contribution is 0.0939. The molecule has 0 saturated heterocycles. The second-order valence-corrected chi connectivity index (χ2v) is 8.56. The van der Waals surface area contributed by atoms with E-state index >= 15 is 0 Å². The van der Waals surface area contributed by atoms with Gasteiger partial charge in [0.25, 0.3) is 15.9 Å². The predicted octanol–water partition coefficient (Wildman–Crippen LogP) is 3.99. The monoisotopic (exact) mass is 409 g/mol. The molecule has 7 heteroatoms. The van der Waals surface area contributed by atoms with Crippen LogP contribution in [0.1, 0.15) is 40.1 Å². The summed E-state index contributed by atoms with van der Waals surface area (Å²) in [7, 11) is -3.70. The van der Waals surface area contributed by atoms with Gasteiger partial charge in [0, 0.05) is 17.4 Å². The normalized spacial score (nSPS) is 12.2. The molecular formula is C22H23N3O3S. The van der Waals surface area contributed by atoms with E-state index in [1.54, 1.807) is 48.7 Å². The van der Waals surface area contributed by atoms with Gasteiger partial charge in [-0.15, -0.1) is 0 Å². The lowest BCUT2D eigenvalue weighted by Crippen LogP contribution is -2.27. The maximum absolute atomic E-state index is 12.6. The number of aromatic nitrogens is 1. The number of sulfonamides is 1. The van der Waals surface area contributed by atoms with Gasteiger partial charge in [0.1, 0.15) is 0 Å². The van der Waals surface area contributed by atoms with Crippen molar-refractivity contribution in [1.29, 1.82) is 0 Å². The van der Waals surface area contributed by atoms with Crippen molar-refractivity contribution in [2.45, 2.75) is 31.7 Å². The van der Waals surface area contributed by atoms with Gasteiger partial charge in [-0.2, -0.15) is 0 Å². The summed E-state index contributed by atoms with van der Waals surface area (Å²) in [6.45, 7) is 5.65. The quantitative estimate of drug-likeness (QED) is 0.644. The fourth-order valence-corrected chi connectivity index (χ4v) is 3.91. The molecule has 0 aliphatic heterocycles. The molecule has 0 fully saturated rings. The zero-order valence-electron chi connectivity index (χ0n) is 16.5.